The maximum atomic E-state index is 12.5. The lowest BCUT2D eigenvalue weighted by molar-refractivity contribution is -0.137. The van der Waals surface area contributed by atoms with Crippen molar-refractivity contribution in [2.45, 2.75) is 45.1 Å². The zero-order valence-electron chi connectivity index (χ0n) is 12.0. The Balaban J connectivity index is 2.11. The van der Waals surface area contributed by atoms with Crippen molar-refractivity contribution in [2.75, 3.05) is 6.54 Å². The smallest absolute Gasteiger partial charge is 0.305 e. The molecule has 0 saturated carbocycles. The van der Waals surface area contributed by atoms with E-state index >= 15 is 0 Å². The highest BCUT2D eigenvalue weighted by Crippen LogP contribution is 2.23. The van der Waals surface area contributed by atoms with Gasteiger partial charge in [-0.05, 0) is 36.5 Å². The molecule has 1 N–H and O–H groups in total. The van der Waals surface area contributed by atoms with Crippen molar-refractivity contribution in [1.29, 1.82) is 0 Å². The number of amides is 1. The first-order valence-electron chi connectivity index (χ1n) is 7.11. The van der Waals surface area contributed by atoms with Crippen molar-refractivity contribution in [3.05, 3.63) is 35.4 Å². The van der Waals surface area contributed by atoms with E-state index in [2.05, 4.69) is 13.8 Å². The van der Waals surface area contributed by atoms with Crippen molar-refractivity contribution in [1.82, 2.24) is 4.90 Å². The zero-order valence-corrected chi connectivity index (χ0v) is 12.0. The molecule has 1 aliphatic rings. The minimum absolute atomic E-state index is 0.0375. The molecule has 1 atom stereocenters. The summed E-state index contributed by atoms with van der Waals surface area (Å²) in [6, 6.07) is 7.46. The Morgan fingerprint density at radius 2 is 1.95 bits per heavy atom. The Kier molecular flexibility index (Phi) is 4.42. The third-order valence-electron chi connectivity index (χ3n) is 3.87. The SMILES string of the molecule is CC(C)c1ccc(C(=O)N2CCCC2CC(=O)O)cc1. The van der Waals surface area contributed by atoms with Crippen LogP contribution >= 0.6 is 0 Å². The molecular formula is C16H21NO3. The number of aliphatic carboxylic acids is 1. The quantitative estimate of drug-likeness (QED) is 0.919. The predicted octanol–water partition coefficient (Wildman–Crippen LogP) is 2.89. The number of rotatable bonds is 4. The first-order chi connectivity index (χ1) is 9.49. The Morgan fingerprint density at radius 3 is 2.50 bits per heavy atom. The molecule has 1 aromatic carbocycles. The summed E-state index contributed by atoms with van der Waals surface area (Å²) in [6.07, 6.45) is 1.70. The fourth-order valence-electron chi connectivity index (χ4n) is 2.69. The van der Waals surface area contributed by atoms with Gasteiger partial charge in [-0.1, -0.05) is 26.0 Å². The Hall–Kier alpha value is -1.84. The monoisotopic (exact) mass is 275 g/mol. The lowest BCUT2D eigenvalue weighted by Crippen LogP contribution is -2.36. The van der Waals surface area contributed by atoms with E-state index in [1.807, 2.05) is 24.3 Å². The third-order valence-corrected chi connectivity index (χ3v) is 3.87. The second-order valence-electron chi connectivity index (χ2n) is 5.67. The van der Waals surface area contributed by atoms with E-state index in [-0.39, 0.29) is 18.4 Å². The zero-order chi connectivity index (χ0) is 14.7. The van der Waals surface area contributed by atoms with Gasteiger partial charge in [-0.15, -0.1) is 0 Å². The molecule has 2 rings (SSSR count). The molecule has 1 amide bonds. The van der Waals surface area contributed by atoms with Crippen LogP contribution in [0.3, 0.4) is 0 Å². The summed E-state index contributed by atoms with van der Waals surface area (Å²) in [7, 11) is 0. The molecule has 1 fully saturated rings. The fraction of sp³-hybridized carbons (Fsp3) is 0.500. The maximum absolute atomic E-state index is 12.5. The van der Waals surface area contributed by atoms with Crippen LogP contribution in [0.1, 0.15) is 54.9 Å². The number of carboxylic acids is 1. The molecule has 1 aromatic rings. The van der Waals surface area contributed by atoms with Gasteiger partial charge in [0.05, 0.1) is 6.42 Å². The van der Waals surface area contributed by atoms with Gasteiger partial charge in [0.15, 0.2) is 0 Å². The van der Waals surface area contributed by atoms with E-state index in [9.17, 15) is 9.59 Å². The van der Waals surface area contributed by atoms with Crippen LogP contribution in [0.2, 0.25) is 0 Å². The molecular weight excluding hydrogens is 254 g/mol. The van der Waals surface area contributed by atoms with Crippen molar-refractivity contribution >= 4 is 11.9 Å². The summed E-state index contributed by atoms with van der Waals surface area (Å²) in [5, 5.41) is 8.90. The van der Waals surface area contributed by atoms with Crippen LogP contribution in [0, 0.1) is 0 Å². The summed E-state index contributed by atoms with van der Waals surface area (Å²) in [6.45, 7) is 4.88. The van der Waals surface area contributed by atoms with E-state index in [0.717, 1.165) is 12.8 Å². The summed E-state index contributed by atoms with van der Waals surface area (Å²) in [5.74, 6) is -0.459. The van der Waals surface area contributed by atoms with E-state index in [0.29, 0.717) is 18.0 Å². The normalized spacial score (nSPS) is 18.6. The number of carbonyl (C=O) groups is 2. The lowest BCUT2D eigenvalue weighted by atomic mass is 10.0. The summed E-state index contributed by atoms with van der Waals surface area (Å²) in [4.78, 5) is 25.0. The highest BCUT2D eigenvalue weighted by Gasteiger charge is 2.30. The van der Waals surface area contributed by atoms with Gasteiger partial charge in [-0.25, -0.2) is 0 Å². The molecule has 20 heavy (non-hydrogen) atoms. The summed E-state index contributed by atoms with van der Waals surface area (Å²) >= 11 is 0. The Morgan fingerprint density at radius 1 is 1.30 bits per heavy atom. The molecule has 4 nitrogen and oxygen atoms in total. The average Bonchev–Trinajstić information content (AvgIpc) is 2.85. The van der Waals surface area contributed by atoms with Gasteiger partial charge in [-0.3, -0.25) is 9.59 Å². The first-order valence-corrected chi connectivity index (χ1v) is 7.11. The van der Waals surface area contributed by atoms with E-state index in [1.165, 1.54) is 5.56 Å². The number of carboxylic acid groups (broad SMARTS) is 1. The number of hydrogen-bond acceptors (Lipinski definition) is 2. The van der Waals surface area contributed by atoms with Gasteiger partial charge < -0.3 is 10.0 Å². The molecule has 0 aromatic heterocycles. The molecule has 108 valence electrons. The fourth-order valence-corrected chi connectivity index (χ4v) is 2.69. The number of hydrogen-bond donors (Lipinski definition) is 1. The molecule has 1 unspecified atom stereocenters. The number of benzene rings is 1. The minimum atomic E-state index is -0.843. The van der Waals surface area contributed by atoms with Crippen molar-refractivity contribution < 1.29 is 14.7 Å². The van der Waals surface area contributed by atoms with Gasteiger partial charge in [0.1, 0.15) is 0 Å². The molecule has 0 aliphatic carbocycles. The molecule has 1 saturated heterocycles. The maximum Gasteiger partial charge on any atom is 0.305 e. The summed E-state index contributed by atoms with van der Waals surface area (Å²) < 4.78 is 0. The van der Waals surface area contributed by atoms with E-state index in [1.54, 1.807) is 4.90 Å². The predicted molar refractivity (Wildman–Crippen MR) is 76.8 cm³/mol. The molecule has 4 heteroatoms. The standard InChI is InChI=1S/C16H21NO3/c1-11(2)12-5-7-13(8-6-12)16(20)17-9-3-4-14(17)10-15(18)19/h5-8,11,14H,3-4,9-10H2,1-2H3,(H,18,19). The highest BCUT2D eigenvalue weighted by molar-refractivity contribution is 5.94. The van der Waals surface area contributed by atoms with E-state index < -0.39 is 5.97 Å². The summed E-state index contributed by atoms with van der Waals surface area (Å²) in [5.41, 5.74) is 1.84. The van der Waals surface area contributed by atoms with Crippen LogP contribution in [-0.4, -0.2) is 34.5 Å². The van der Waals surface area contributed by atoms with Gasteiger partial charge in [0.25, 0.3) is 5.91 Å². The topological polar surface area (TPSA) is 57.6 Å². The number of carbonyl (C=O) groups excluding carboxylic acids is 1. The molecule has 1 aliphatic heterocycles. The van der Waals surface area contributed by atoms with Crippen molar-refractivity contribution in [2.24, 2.45) is 0 Å². The first kappa shape index (κ1) is 14.6. The minimum Gasteiger partial charge on any atom is -0.481 e. The molecule has 0 radical (unpaired) electrons. The van der Waals surface area contributed by atoms with E-state index in [4.69, 9.17) is 5.11 Å². The second-order valence-corrected chi connectivity index (χ2v) is 5.67. The van der Waals surface area contributed by atoms with Gasteiger partial charge in [0, 0.05) is 18.2 Å². The van der Waals surface area contributed by atoms with Crippen LogP contribution < -0.4 is 0 Å². The Labute approximate surface area is 119 Å². The number of likely N-dealkylation sites (tertiary alicyclic amines) is 1. The van der Waals surface area contributed by atoms with Gasteiger partial charge >= 0.3 is 5.97 Å². The lowest BCUT2D eigenvalue weighted by Gasteiger charge is -2.23. The van der Waals surface area contributed by atoms with Crippen LogP contribution in [0.25, 0.3) is 0 Å². The van der Waals surface area contributed by atoms with Gasteiger partial charge in [-0.2, -0.15) is 0 Å². The van der Waals surface area contributed by atoms with Crippen molar-refractivity contribution in [3.63, 3.8) is 0 Å². The molecule has 0 spiro atoms. The average molecular weight is 275 g/mol. The van der Waals surface area contributed by atoms with Crippen LogP contribution in [0.4, 0.5) is 0 Å². The highest BCUT2D eigenvalue weighted by atomic mass is 16.4. The van der Waals surface area contributed by atoms with Crippen LogP contribution in [0.15, 0.2) is 24.3 Å². The third kappa shape index (κ3) is 3.18. The Bertz CT molecular complexity index is 493. The van der Waals surface area contributed by atoms with Crippen LogP contribution in [-0.2, 0) is 4.79 Å². The number of nitrogens with zero attached hydrogens (tertiary/aromatic N) is 1. The molecule has 1 heterocycles. The van der Waals surface area contributed by atoms with Crippen molar-refractivity contribution in [3.8, 4) is 0 Å². The van der Waals surface area contributed by atoms with Gasteiger partial charge in [0.2, 0.25) is 0 Å². The molecule has 0 bridgehead atoms. The largest absolute Gasteiger partial charge is 0.481 e. The van der Waals surface area contributed by atoms with Crippen LogP contribution in [0.5, 0.6) is 0 Å². The second kappa shape index (κ2) is 6.07.